The maximum atomic E-state index is 13.2. The highest BCUT2D eigenvalue weighted by molar-refractivity contribution is 5.89. The Hall–Kier alpha value is -3.42. The number of hydrogen-bond acceptors (Lipinski definition) is 5. The van der Waals surface area contributed by atoms with E-state index in [-0.39, 0.29) is 11.8 Å². The van der Waals surface area contributed by atoms with Crippen molar-refractivity contribution in [1.82, 2.24) is 20.1 Å². The van der Waals surface area contributed by atoms with E-state index in [1.807, 2.05) is 63.2 Å². The van der Waals surface area contributed by atoms with Gasteiger partial charge in [0.25, 0.3) is 0 Å². The minimum Gasteiger partial charge on any atom is -0.444 e. The molecule has 8 nitrogen and oxygen atoms in total. The lowest BCUT2D eigenvalue weighted by Gasteiger charge is -2.34. The second-order valence-electron chi connectivity index (χ2n) is 9.77. The second-order valence-corrected chi connectivity index (χ2v) is 9.77. The van der Waals surface area contributed by atoms with Crippen LogP contribution >= 0.6 is 0 Å². The van der Waals surface area contributed by atoms with Crippen LogP contribution in [0, 0.1) is 0 Å². The van der Waals surface area contributed by atoms with E-state index in [1.54, 1.807) is 22.2 Å². The maximum absolute atomic E-state index is 13.2. The molecule has 0 radical (unpaired) electrons. The average molecular weight is 481 g/mol. The van der Waals surface area contributed by atoms with Crippen molar-refractivity contribution in [2.75, 3.05) is 19.6 Å². The number of hydrogen-bond donors (Lipinski definition) is 1. The SMILES string of the molecule is CC(C)(C)OC(=O)N(CCCNC(=O)C(c1ccccc1)N1CCCCC1=O)Cc1cccnc1. The zero-order chi connectivity index (χ0) is 25.3. The first-order valence-corrected chi connectivity index (χ1v) is 12.2. The Labute approximate surface area is 207 Å². The highest BCUT2D eigenvalue weighted by atomic mass is 16.6. The van der Waals surface area contributed by atoms with E-state index < -0.39 is 17.7 Å². The lowest BCUT2D eigenvalue weighted by atomic mass is 10.0. The molecule has 1 aliphatic heterocycles. The molecule has 1 N–H and O–H groups in total. The van der Waals surface area contributed by atoms with E-state index in [1.165, 1.54) is 0 Å². The zero-order valence-corrected chi connectivity index (χ0v) is 20.9. The van der Waals surface area contributed by atoms with Gasteiger partial charge in [0.1, 0.15) is 11.6 Å². The third-order valence-corrected chi connectivity index (χ3v) is 5.69. The van der Waals surface area contributed by atoms with E-state index in [9.17, 15) is 14.4 Å². The smallest absolute Gasteiger partial charge is 0.410 e. The number of ether oxygens (including phenoxy) is 1. The zero-order valence-electron chi connectivity index (χ0n) is 20.9. The number of rotatable bonds is 9. The molecule has 1 saturated heterocycles. The molecule has 0 saturated carbocycles. The van der Waals surface area contributed by atoms with Gasteiger partial charge >= 0.3 is 6.09 Å². The summed E-state index contributed by atoms with van der Waals surface area (Å²) < 4.78 is 5.57. The summed E-state index contributed by atoms with van der Waals surface area (Å²) in [5.41, 5.74) is 1.09. The van der Waals surface area contributed by atoms with Crippen molar-refractivity contribution in [3.8, 4) is 0 Å². The molecule has 3 amide bonds. The minimum atomic E-state index is -0.652. The van der Waals surface area contributed by atoms with Gasteiger partial charge in [-0.15, -0.1) is 0 Å². The Morgan fingerprint density at radius 1 is 1.14 bits per heavy atom. The third-order valence-electron chi connectivity index (χ3n) is 5.69. The summed E-state index contributed by atoms with van der Waals surface area (Å²) in [6.45, 7) is 7.21. The summed E-state index contributed by atoms with van der Waals surface area (Å²) in [5, 5.41) is 2.98. The highest BCUT2D eigenvalue weighted by Crippen LogP contribution is 2.25. The van der Waals surface area contributed by atoms with Crippen molar-refractivity contribution in [3.05, 3.63) is 66.0 Å². The molecule has 8 heteroatoms. The van der Waals surface area contributed by atoms with E-state index in [0.717, 1.165) is 24.0 Å². The van der Waals surface area contributed by atoms with Crippen LogP contribution in [0.1, 0.15) is 63.6 Å². The fourth-order valence-electron chi connectivity index (χ4n) is 4.06. The van der Waals surface area contributed by atoms with Gasteiger partial charge in [-0.05, 0) is 57.2 Å². The molecular formula is C27H36N4O4. The minimum absolute atomic E-state index is 0.00724. The number of carbonyl (C=O) groups excluding carboxylic acids is 3. The summed E-state index contributed by atoms with van der Waals surface area (Å²) in [5.74, 6) is -0.199. The number of aromatic nitrogens is 1. The molecule has 3 rings (SSSR count). The fourth-order valence-corrected chi connectivity index (χ4v) is 4.06. The van der Waals surface area contributed by atoms with Gasteiger partial charge in [-0.3, -0.25) is 14.6 Å². The van der Waals surface area contributed by atoms with Gasteiger partial charge in [0, 0.05) is 38.4 Å². The van der Waals surface area contributed by atoms with Crippen LogP contribution in [0.15, 0.2) is 54.9 Å². The number of likely N-dealkylation sites (tertiary alicyclic amines) is 1. The monoisotopic (exact) mass is 480 g/mol. The summed E-state index contributed by atoms with van der Waals surface area (Å²) >= 11 is 0. The van der Waals surface area contributed by atoms with Crippen LogP contribution < -0.4 is 5.32 Å². The number of piperidine rings is 1. The first kappa shape index (κ1) is 26.2. The van der Waals surface area contributed by atoms with Crippen LogP contribution in [0.25, 0.3) is 0 Å². The largest absolute Gasteiger partial charge is 0.444 e. The molecule has 1 aromatic heterocycles. The molecule has 0 bridgehead atoms. The molecule has 2 heterocycles. The number of benzene rings is 1. The topological polar surface area (TPSA) is 91.8 Å². The van der Waals surface area contributed by atoms with E-state index in [2.05, 4.69) is 10.3 Å². The fraction of sp³-hybridized carbons (Fsp3) is 0.481. The molecule has 1 fully saturated rings. The van der Waals surface area contributed by atoms with Gasteiger partial charge in [-0.1, -0.05) is 36.4 Å². The van der Waals surface area contributed by atoms with E-state index in [0.29, 0.717) is 39.0 Å². The van der Waals surface area contributed by atoms with Crippen molar-refractivity contribution >= 4 is 17.9 Å². The third kappa shape index (κ3) is 8.09. The summed E-state index contributed by atoms with van der Waals surface area (Å²) in [4.78, 5) is 46.0. The van der Waals surface area contributed by atoms with Crippen LogP contribution in [-0.2, 0) is 20.9 Å². The van der Waals surface area contributed by atoms with Crippen molar-refractivity contribution < 1.29 is 19.1 Å². The molecular weight excluding hydrogens is 444 g/mol. The van der Waals surface area contributed by atoms with Crippen molar-refractivity contribution in [3.63, 3.8) is 0 Å². The summed E-state index contributed by atoms with van der Waals surface area (Å²) in [7, 11) is 0. The molecule has 1 aromatic carbocycles. The van der Waals surface area contributed by atoms with Gasteiger partial charge in [0.05, 0.1) is 6.54 Å². The number of nitrogens with one attached hydrogen (secondary N) is 1. The normalized spacial score (nSPS) is 14.8. The van der Waals surface area contributed by atoms with E-state index in [4.69, 9.17) is 4.74 Å². The number of nitrogens with zero attached hydrogens (tertiary/aromatic N) is 3. The van der Waals surface area contributed by atoms with Crippen LogP contribution in [0.2, 0.25) is 0 Å². The number of carbonyl (C=O) groups is 3. The Bertz CT molecular complexity index is 976. The van der Waals surface area contributed by atoms with Gasteiger partial charge in [0.2, 0.25) is 11.8 Å². The predicted octanol–water partition coefficient (Wildman–Crippen LogP) is 4.08. The van der Waals surface area contributed by atoms with Gasteiger partial charge < -0.3 is 19.9 Å². The standard InChI is InChI=1S/C27H36N4O4/c1-27(2,3)35-26(34)30(20-21-11-9-15-28-19-21)17-10-16-29-25(33)24(22-12-5-4-6-13-22)31-18-8-7-14-23(31)32/h4-6,9,11-13,15,19,24H,7-8,10,14,16-18,20H2,1-3H3,(H,29,33). The molecule has 35 heavy (non-hydrogen) atoms. The Morgan fingerprint density at radius 3 is 2.57 bits per heavy atom. The number of amides is 3. The van der Waals surface area contributed by atoms with Crippen LogP contribution in [0.4, 0.5) is 4.79 Å². The van der Waals surface area contributed by atoms with Crippen molar-refractivity contribution in [2.45, 2.75) is 64.6 Å². The van der Waals surface area contributed by atoms with Gasteiger partial charge in [-0.2, -0.15) is 0 Å². The van der Waals surface area contributed by atoms with Gasteiger partial charge in [-0.25, -0.2) is 4.79 Å². The van der Waals surface area contributed by atoms with Crippen LogP contribution in [0.5, 0.6) is 0 Å². The number of pyridine rings is 1. The Balaban J connectivity index is 1.62. The first-order chi connectivity index (χ1) is 16.7. The maximum Gasteiger partial charge on any atom is 0.410 e. The molecule has 1 atom stereocenters. The quantitative estimate of drug-likeness (QED) is 0.546. The van der Waals surface area contributed by atoms with Gasteiger partial charge in [0.15, 0.2) is 0 Å². The van der Waals surface area contributed by atoms with Crippen LogP contribution in [0.3, 0.4) is 0 Å². The highest BCUT2D eigenvalue weighted by Gasteiger charge is 2.32. The molecule has 0 spiro atoms. The molecule has 188 valence electrons. The lowest BCUT2D eigenvalue weighted by Crippen LogP contribution is -2.46. The molecule has 1 aliphatic rings. The Kier molecular flexibility index (Phi) is 9.23. The molecule has 1 unspecified atom stereocenters. The average Bonchev–Trinajstić information content (AvgIpc) is 2.82. The molecule has 2 aromatic rings. The summed E-state index contributed by atoms with van der Waals surface area (Å²) in [6.07, 6.45) is 5.76. The van der Waals surface area contributed by atoms with Crippen molar-refractivity contribution in [2.24, 2.45) is 0 Å². The lowest BCUT2D eigenvalue weighted by molar-refractivity contribution is -0.142. The summed E-state index contributed by atoms with van der Waals surface area (Å²) in [6, 6.07) is 12.5. The second kappa shape index (κ2) is 12.3. The first-order valence-electron chi connectivity index (χ1n) is 12.2. The molecule has 0 aliphatic carbocycles. The van der Waals surface area contributed by atoms with E-state index >= 15 is 0 Å². The predicted molar refractivity (Wildman–Crippen MR) is 133 cm³/mol. The Morgan fingerprint density at radius 2 is 1.91 bits per heavy atom. The van der Waals surface area contributed by atoms with Crippen LogP contribution in [-0.4, -0.2) is 57.9 Å². The van der Waals surface area contributed by atoms with Crippen molar-refractivity contribution in [1.29, 1.82) is 0 Å².